The van der Waals surface area contributed by atoms with Crippen molar-refractivity contribution >= 4 is 11.9 Å². The molecular formula is C17H24FN3O3. The van der Waals surface area contributed by atoms with Crippen molar-refractivity contribution in [3.8, 4) is 0 Å². The zero-order chi connectivity index (χ0) is 17.5. The van der Waals surface area contributed by atoms with Gasteiger partial charge in [0.1, 0.15) is 5.82 Å². The number of halogens is 1. The van der Waals surface area contributed by atoms with Crippen molar-refractivity contribution in [3.63, 3.8) is 0 Å². The molecule has 1 saturated heterocycles. The molecule has 7 heteroatoms. The minimum atomic E-state index is -0.374. The Kier molecular flexibility index (Phi) is 6.54. The number of urea groups is 1. The summed E-state index contributed by atoms with van der Waals surface area (Å²) in [6.45, 7) is 5.96. The summed E-state index contributed by atoms with van der Waals surface area (Å²) < 4.78 is 18.4. The lowest BCUT2D eigenvalue weighted by Crippen LogP contribution is -2.51. The highest BCUT2D eigenvalue weighted by Crippen LogP contribution is 2.10. The van der Waals surface area contributed by atoms with Gasteiger partial charge < -0.3 is 20.3 Å². The third-order valence-corrected chi connectivity index (χ3v) is 3.73. The second-order valence-electron chi connectivity index (χ2n) is 6.01. The summed E-state index contributed by atoms with van der Waals surface area (Å²) in [5.41, 5.74) is 0.414. The number of rotatable bonds is 5. The number of ether oxygens (including phenoxy) is 1. The maximum absolute atomic E-state index is 12.8. The molecule has 1 aliphatic rings. The lowest BCUT2D eigenvalue weighted by atomic mass is 10.2. The molecule has 0 saturated carbocycles. The number of nitrogens with one attached hydrogen (secondary N) is 2. The summed E-state index contributed by atoms with van der Waals surface area (Å²) in [6.07, 6.45) is 0.692. The molecule has 24 heavy (non-hydrogen) atoms. The van der Waals surface area contributed by atoms with Gasteiger partial charge in [0.2, 0.25) is 0 Å². The van der Waals surface area contributed by atoms with E-state index < -0.39 is 0 Å². The van der Waals surface area contributed by atoms with E-state index in [9.17, 15) is 14.0 Å². The molecule has 0 aliphatic carbocycles. The monoisotopic (exact) mass is 337 g/mol. The number of carbonyl (C=O) groups is 2. The highest BCUT2D eigenvalue weighted by Gasteiger charge is 2.25. The SMILES string of the molecule is C[C@@H]1CN(C(=O)NCCCNC(=O)c2ccc(F)cc2)C[C@@H](C)O1. The van der Waals surface area contributed by atoms with Crippen LogP contribution in [0.5, 0.6) is 0 Å². The van der Waals surface area contributed by atoms with Crippen LogP contribution in [0.4, 0.5) is 9.18 Å². The Morgan fingerprint density at radius 2 is 1.71 bits per heavy atom. The van der Waals surface area contributed by atoms with Crippen LogP contribution in [-0.4, -0.2) is 55.2 Å². The first-order chi connectivity index (χ1) is 11.5. The van der Waals surface area contributed by atoms with Gasteiger partial charge in [0.25, 0.3) is 5.91 Å². The van der Waals surface area contributed by atoms with Gasteiger partial charge in [-0.25, -0.2) is 9.18 Å². The number of carbonyl (C=O) groups excluding carboxylic acids is 2. The summed E-state index contributed by atoms with van der Waals surface area (Å²) in [4.78, 5) is 25.7. The van der Waals surface area contributed by atoms with E-state index in [1.807, 2.05) is 13.8 Å². The first kappa shape index (κ1) is 18.2. The van der Waals surface area contributed by atoms with Crippen molar-refractivity contribution < 1.29 is 18.7 Å². The van der Waals surface area contributed by atoms with E-state index in [0.717, 1.165) is 0 Å². The summed E-state index contributed by atoms with van der Waals surface area (Å²) in [7, 11) is 0. The molecule has 132 valence electrons. The van der Waals surface area contributed by atoms with Crippen LogP contribution in [-0.2, 0) is 4.74 Å². The standard InChI is InChI=1S/C17H24FN3O3/c1-12-10-21(11-13(2)24-12)17(23)20-9-3-8-19-16(22)14-4-6-15(18)7-5-14/h4-7,12-13H,3,8-11H2,1-2H3,(H,19,22)(H,20,23)/t12-,13-/m1/s1. The van der Waals surface area contributed by atoms with Gasteiger partial charge in [-0.15, -0.1) is 0 Å². The lowest BCUT2D eigenvalue weighted by molar-refractivity contribution is -0.0545. The highest BCUT2D eigenvalue weighted by atomic mass is 19.1. The molecule has 2 atom stereocenters. The Labute approximate surface area is 141 Å². The summed E-state index contributed by atoms with van der Waals surface area (Å²) in [5.74, 6) is -0.627. The number of morpholine rings is 1. The van der Waals surface area contributed by atoms with Crippen molar-refractivity contribution in [2.45, 2.75) is 32.5 Å². The molecular weight excluding hydrogens is 313 g/mol. The molecule has 2 N–H and O–H groups in total. The van der Waals surface area contributed by atoms with E-state index in [-0.39, 0.29) is 30.0 Å². The topological polar surface area (TPSA) is 70.7 Å². The van der Waals surface area contributed by atoms with Crippen LogP contribution >= 0.6 is 0 Å². The summed E-state index contributed by atoms with van der Waals surface area (Å²) >= 11 is 0. The molecule has 0 unspecified atom stereocenters. The number of amides is 3. The quantitative estimate of drug-likeness (QED) is 0.805. The van der Waals surface area contributed by atoms with Crippen molar-refractivity contribution in [3.05, 3.63) is 35.6 Å². The molecule has 6 nitrogen and oxygen atoms in total. The Bertz CT molecular complexity index is 555. The number of hydrogen-bond acceptors (Lipinski definition) is 3. The Morgan fingerprint density at radius 1 is 1.12 bits per heavy atom. The molecule has 0 radical (unpaired) electrons. The van der Waals surface area contributed by atoms with Gasteiger partial charge in [0.15, 0.2) is 0 Å². The smallest absolute Gasteiger partial charge is 0.317 e. The third kappa shape index (κ3) is 5.49. The molecule has 1 fully saturated rings. The van der Waals surface area contributed by atoms with Crippen LogP contribution in [0.3, 0.4) is 0 Å². The second-order valence-corrected chi connectivity index (χ2v) is 6.01. The van der Waals surface area contributed by atoms with Crippen LogP contribution < -0.4 is 10.6 Å². The fourth-order valence-corrected chi connectivity index (χ4v) is 2.64. The van der Waals surface area contributed by atoms with Crippen molar-refractivity contribution in [1.82, 2.24) is 15.5 Å². The molecule has 0 aromatic heterocycles. The Balaban J connectivity index is 1.63. The second kappa shape index (κ2) is 8.63. The molecule has 1 aliphatic heterocycles. The van der Waals surface area contributed by atoms with Crippen LogP contribution in [0.1, 0.15) is 30.6 Å². The van der Waals surface area contributed by atoms with Gasteiger partial charge in [0, 0.05) is 31.7 Å². The summed E-state index contributed by atoms with van der Waals surface area (Å²) in [5, 5.41) is 5.58. The minimum Gasteiger partial charge on any atom is -0.372 e. The molecule has 0 bridgehead atoms. The van der Waals surface area contributed by atoms with E-state index in [4.69, 9.17) is 4.74 Å². The van der Waals surface area contributed by atoms with E-state index in [1.54, 1.807) is 4.90 Å². The third-order valence-electron chi connectivity index (χ3n) is 3.73. The first-order valence-corrected chi connectivity index (χ1v) is 8.17. The predicted octanol–water partition coefficient (Wildman–Crippen LogP) is 1.76. The van der Waals surface area contributed by atoms with E-state index >= 15 is 0 Å². The maximum Gasteiger partial charge on any atom is 0.317 e. The van der Waals surface area contributed by atoms with Gasteiger partial charge in [-0.2, -0.15) is 0 Å². The zero-order valence-corrected chi connectivity index (χ0v) is 14.0. The van der Waals surface area contributed by atoms with E-state index in [0.29, 0.717) is 38.2 Å². The van der Waals surface area contributed by atoms with Crippen molar-refractivity contribution in [2.24, 2.45) is 0 Å². The molecule has 1 heterocycles. The lowest BCUT2D eigenvalue weighted by Gasteiger charge is -2.35. The molecule has 2 rings (SSSR count). The van der Waals surface area contributed by atoms with Crippen molar-refractivity contribution in [2.75, 3.05) is 26.2 Å². The number of hydrogen-bond donors (Lipinski definition) is 2. The normalized spacial score (nSPS) is 20.5. The van der Waals surface area contributed by atoms with E-state index in [1.165, 1.54) is 24.3 Å². The average Bonchev–Trinajstić information content (AvgIpc) is 2.54. The zero-order valence-electron chi connectivity index (χ0n) is 14.0. The van der Waals surface area contributed by atoms with Crippen molar-refractivity contribution in [1.29, 1.82) is 0 Å². The molecule has 1 aromatic rings. The van der Waals surface area contributed by atoms with Crippen LogP contribution in [0.2, 0.25) is 0 Å². The molecule has 0 spiro atoms. The Hall–Kier alpha value is -2.15. The highest BCUT2D eigenvalue weighted by molar-refractivity contribution is 5.94. The van der Waals surface area contributed by atoms with Gasteiger partial charge >= 0.3 is 6.03 Å². The van der Waals surface area contributed by atoms with E-state index in [2.05, 4.69) is 10.6 Å². The fraction of sp³-hybridized carbons (Fsp3) is 0.529. The predicted molar refractivity (Wildman–Crippen MR) is 88.3 cm³/mol. The Morgan fingerprint density at radius 3 is 2.33 bits per heavy atom. The van der Waals surface area contributed by atoms with Gasteiger partial charge in [-0.05, 0) is 44.5 Å². The fourth-order valence-electron chi connectivity index (χ4n) is 2.64. The molecule has 1 aromatic carbocycles. The average molecular weight is 337 g/mol. The number of nitrogens with zero attached hydrogens (tertiary/aromatic N) is 1. The van der Waals surface area contributed by atoms with Gasteiger partial charge in [-0.1, -0.05) is 0 Å². The van der Waals surface area contributed by atoms with Gasteiger partial charge in [0.05, 0.1) is 12.2 Å². The maximum atomic E-state index is 12.8. The minimum absolute atomic E-state index is 0.0366. The first-order valence-electron chi connectivity index (χ1n) is 8.17. The van der Waals surface area contributed by atoms with Crippen LogP contribution in [0.15, 0.2) is 24.3 Å². The number of benzene rings is 1. The summed E-state index contributed by atoms with van der Waals surface area (Å²) in [6, 6.07) is 5.26. The van der Waals surface area contributed by atoms with Gasteiger partial charge in [-0.3, -0.25) is 4.79 Å². The van der Waals surface area contributed by atoms with Crippen LogP contribution in [0, 0.1) is 5.82 Å². The largest absolute Gasteiger partial charge is 0.372 e. The van der Waals surface area contributed by atoms with Crippen LogP contribution in [0.25, 0.3) is 0 Å². The molecule has 3 amide bonds.